The molecule has 0 aliphatic rings. The van der Waals surface area contributed by atoms with Crippen LogP contribution in [0.3, 0.4) is 0 Å². The second-order valence-corrected chi connectivity index (χ2v) is 4.13. The summed E-state index contributed by atoms with van der Waals surface area (Å²) in [6, 6.07) is 8.08. The Morgan fingerprint density at radius 1 is 1.21 bits per heavy atom. The van der Waals surface area contributed by atoms with Crippen LogP contribution in [0.4, 0.5) is 17.3 Å². The maximum atomic E-state index is 5.38. The zero-order chi connectivity index (χ0) is 13.7. The minimum absolute atomic E-state index is 0.617. The molecule has 0 radical (unpaired) electrons. The van der Waals surface area contributed by atoms with Gasteiger partial charge in [-0.05, 0) is 31.5 Å². The van der Waals surface area contributed by atoms with E-state index in [-0.39, 0.29) is 0 Å². The molecule has 2 aromatic rings. The van der Waals surface area contributed by atoms with E-state index < -0.39 is 0 Å². The summed E-state index contributed by atoms with van der Waals surface area (Å²) in [5, 5.41) is 6.40. The summed E-state index contributed by atoms with van der Waals surface area (Å²) in [4.78, 5) is 8.40. The SMILES string of the molecule is CCNc1ncnc(Nc2cccc(C)c2)c1OC. The van der Waals surface area contributed by atoms with E-state index in [1.54, 1.807) is 7.11 Å². The van der Waals surface area contributed by atoms with Gasteiger partial charge in [-0.15, -0.1) is 0 Å². The van der Waals surface area contributed by atoms with Gasteiger partial charge in [0, 0.05) is 12.2 Å². The smallest absolute Gasteiger partial charge is 0.204 e. The lowest BCUT2D eigenvalue weighted by Crippen LogP contribution is -2.05. The number of hydrogen-bond donors (Lipinski definition) is 2. The number of methoxy groups -OCH3 is 1. The Bertz CT molecular complexity index is 557. The lowest BCUT2D eigenvalue weighted by Gasteiger charge is -2.13. The second-order valence-electron chi connectivity index (χ2n) is 4.13. The van der Waals surface area contributed by atoms with Crippen molar-refractivity contribution in [1.29, 1.82) is 0 Å². The van der Waals surface area contributed by atoms with Crippen LogP contribution in [0.15, 0.2) is 30.6 Å². The molecule has 0 saturated heterocycles. The van der Waals surface area contributed by atoms with Gasteiger partial charge in [0.15, 0.2) is 11.6 Å². The van der Waals surface area contributed by atoms with E-state index in [0.29, 0.717) is 17.4 Å². The van der Waals surface area contributed by atoms with Gasteiger partial charge >= 0.3 is 0 Å². The van der Waals surface area contributed by atoms with Crippen LogP contribution >= 0.6 is 0 Å². The van der Waals surface area contributed by atoms with Gasteiger partial charge in [0.1, 0.15) is 6.33 Å². The summed E-state index contributed by atoms with van der Waals surface area (Å²) in [7, 11) is 1.61. The summed E-state index contributed by atoms with van der Waals surface area (Å²) in [6.45, 7) is 4.83. The second kappa shape index (κ2) is 6.04. The van der Waals surface area contributed by atoms with E-state index in [4.69, 9.17) is 4.74 Å². The fourth-order valence-corrected chi connectivity index (χ4v) is 1.81. The molecule has 1 aromatic carbocycles. The molecule has 2 rings (SSSR count). The minimum atomic E-state index is 0.617. The molecule has 19 heavy (non-hydrogen) atoms. The number of aromatic nitrogens is 2. The van der Waals surface area contributed by atoms with Crippen LogP contribution in [0.25, 0.3) is 0 Å². The highest BCUT2D eigenvalue weighted by Gasteiger charge is 2.11. The molecule has 0 saturated carbocycles. The maximum absolute atomic E-state index is 5.38. The van der Waals surface area contributed by atoms with E-state index in [1.165, 1.54) is 11.9 Å². The fraction of sp³-hybridized carbons (Fsp3) is 0.286. The van der Waals surface area contributed by atoms with Crippen molar-refractivity contribution in [2.24, 2.45) is 0 Å². The quantitative estimate of drug-likeness (QED) is 0.863. The van der Waals surface area contributed by atoms with Crippen molar-refractivity contribution < 1.29 is 4.74 Å². The number of rotatable bonds is 5. The lowest BCUT2D eigenvalue weighted by molar-refractivity contribution is 0.415. The predicted octanol–water partition coefficient (Wildman–Crippen LogP) is 2.97. The molecular formula is C14H18N4O. The highest BCUT2D eigenvalue weighted by Crippen LogP contribution is 2.31. The Labute approximate surface area is 113 Å². The fourth-order valence-electron chi connectivity index (χ4n) is 1.81. The van der Waals surface area contributed by atoms with Crippen LogP contribution < -0.4 is 15.4 Å². The molecule has 0 amide bonds. The van der Waals surface area contributed by atoms with Crippen molar-refractivity contribution in [1.82, 2.24) is 9.97 Å². The van der Waals surface area contributed by atoms with Gasteiger partial charge in [0.2, 0.25) is 5.75 Å². The van der Waals surface area contributed by atoms with E-state index in [0.717, 1.165) is 12.2 Å². The van der Waals surface area contributed by atoms with Crippen molar-refractivity contribution in [3.63, 3.8) is 0 Å². The molecule has 1 aromatic heterocycles. The Morgan fingerprint density at radius 2 is 2.00 bits per heavy atom. The topological polar surface area (TPSA) is 59.1 Å². The lowest BCUT2D eigenvalue weighted by atomic mass is 10.2. The van der Waals surface area contributed by atoms with Crippen molar-refractivity contribution in [3.05, 3.63) is 36.2 Å². The molecule has 0 spiro atoms. The van der Waals surface area contributed by atoms with Crippen molar-refractivity contribution in [2.45, 2.75) is 13.8 Å². The first-order valence-electron chi connectivity index (χ1n) is 6.21. The standard InChI is InChI=1S/C14H18N4O/c1-4-15-13-12(19-3)14(17-9-16-13)18-11-7-5-6-10(2)8-11/h5-9H,4H2,1-3H3,(H2,15,16,17,18). The normalized spacial score (nSPS) is 10.1. The number of anilines is 3. The Kier molecular flexibility index (Phi) is 4.18. The first-order chi connectivity index (χ1) is 9.24. The number of ether oxygens (including phenoxy) is 1. The van der Waals surface area contributed by atoms with Gasteiger partial charge in [-0.25, -0.2) is 9.97 Å². The minimum Gasteiger partial charge on any atom is -0.490 e. The summed E-state index contributed by atoms with van der Waals surface area (Å²) >= 11 is 0. The molecule has 5 heteroatoms. The molecule has 0 unspecified atom stereocenters. The van der Waals surface area contributed by atoms with Crippen LogP contribution in [-0.2, 0) is 0 Å². The average Bonchev–Trinajstić information content (AvgIpc) is 2.39. The predicted molar refractivity (Wildman–Crippen MR) is 77.2 cm³/mol. The van der Waals surface area contributed by atoms with Crippen molar-refractivity contribution in [2.75, 3.05) is 24.3 Å². The van der Waals surface area contributed by atoms with Crippen molar-refractivity contribution in [3.8, 4) is 5.75 Å². The molecule has 0 atom stereocenters. The van der Waals surface area contributed by atoms with Crippen LogP contribution in [-0.4, -0.2) is 23.6 Å². The molecule has 2 N–H and O–H groups in total. The largest absolute Gasteiger partial charge is 0.490 e. The molecule has 1 heterocycles. The third-order valence-electron chi connectivity index (χ3n) is 2.63. The maximum Gasteiger partial charge on any atom is 0.204 e. The number of nitrogens with one attached hydrogen (secondary N) is 2. The molecule has 0 aliphatic heterocycles. The van der Waals surface area contributed by atoms with Crippen LogP contribution in [0, 0.1) is 6.92 Å². The van der Waals surface area contributed by atoms with E-state index in [9.17, 15) is 0 Å². The van der Waals surface area contributed by atoms with Crippen LogP contribution in [0.2, 0.25) is 0 Å². The third kappa shape index (κ3) is 3.13. The molecule has 5 nitrogen and oxygen atoms in total. The van der Waals surface area contributed by atoms with Gasteiger partial charge in [0.25, 0.3) is 0 Å². The summed E-state index contributed by atoms with van der Waals surface area (Å²) < 4.78 is 5.38. The highest BCUT2D eigenvalue weighted by atomic mass is 16.5. The van der Waals surface area contributed by atoms with Gasteiger partial charge in [-0.2, -0.15) is 0 Å². The number of benzene rings is 1. The molecular weight excluding hydrogens is 240 g/mol. The molecule has 0 bridgehead atoms. The van der Waals surface area contributed by atoms with Gasteiger partial charge < -0.3 is 15.4 Å². The number of aryl methyl sites for hydroxylation is 1. The van der Waals surface area contributed by atoms with Crippen LogP contribution in [0.5, 0.6) is 5.75 Å². The van der Waals surface area contributed by atoms with Gasteiger partial charge in [0.05, 0.1) is 7.11 Å². The first-order valence-corrected chi connectivity index (χ1v) is 6.21. The molecule has 0 aliphatic carbocycles. The van der Waals surface area contributed by atoms with E-state index in [1.807, 2.05) is 32.0 Å². The van der Waals surface area contributed by atoms with Gasteiger partial charge in [-0.1, -0.05) is 12.1 Å². The Morgan fingerprint density at radius 3 is 2.68 bits per heavy atom. The molecule has 0 fully saturated rings. The average molecular weight is 258 g/mol. The Hall–Kier alpha value is -2.30. The zero-order valence-electron chi connectivity index (χ0n) is 11.4. The molecule has 100 valence electrons. The summed E-state index contributed by atoms with van der Waals surface area (Å²) in [6.07, 6.45) is 1.51. The zero-order valence-corrected chi connectivity index (χ0v) is 11.4. The summed E-state index contributed by atoms with van der Waals surface area (Å²) in [5.41, 5.74) is 2.16. The highest BCUT2D eigenvalue weighted by molar-refractivity contribution is 5.69. The van der Waals surface area contributed by atoms with Crippen molar-refractivity contribution >= 4 is 17.3 Å². The van der Waals surface area contributed by atoms with E-state index >= 15 is 0 Å². The number of nitrogens with zero attached hydrogens (tertiary/aromatic N) is 2. The van der Waals surface area contributed by atoms with Gasteiger partial charge in [-0.3, -0.25) is 0 Å². The van der Waals surface area contributed by atoms with Crippen LogP contribution in [0.1, 0.15) is 12.5 Å². The third-order valence-corrected chi connectivity index (χ3v) is 2.63. The first kappa shape index (κ1) is 13.1. The monoisotopic (exact) mass is 258 g/mol. The Balaban J connectivity index is 2.31. The van der Waals surface area contributed by atoms with E-state index in [2.05, 4.69) is 26.7 Å². The number of hydrogen-bond acceptors (Lipinski definition) is 5. The summed E-state index contributed by atoms with van der Waals surface area (Å²) in [5.74, 6) is 1.96.